The van der Waals surface area contributed by atoms with E-state index in [4.69, 9.17) is 9.47 Å². The number of ether oxygens (including phenoxy) is 2. The summed E-state index contributed by atoms with van der Waals surface area (Å²) < 4.78 is 11.3. The Hall–Kier alpha value is -0.810. The lowest BCUT2D eigenvalue weighted by molar-refractivity contribution is -0.142. The van der Waals surface area contributed by atoms with Crippen LogP contribution in [-0.2, 0) is 9.47 Å². The molecule has 2 aliphatic heterocycles. The van der Waals surface area contributed by atoms with Crippen molar-refractivity contribution in [3.05, 3.63) is 0 Å². The van der Waals surface area contributed by atoms with Crippen molar-refractivity contribution in [2.75, 3.05) is 47.5 Å². The van der Waals surface area contributed by atoms with E-state index in [-0.39, 0.29) is 17.6 Å². The Morgan fingerprint density at radius 3 is 3.00 bits per heavy atom. The molecule has 5 heteroatoms. The van der Waals surface area contributed by atoms with Crippen molar-refractivity contribution in [2.24, 2.45) is 5.41 Å². The quantitative estimate of drug-likeness (QED) is 0.745. The van der Waals surface area contributed by atoms with Crippen molar-refractivity contribution < 1.29 is 14.3 Å². The first-order valence-electron chi connectivity index (χ1n) is 6.66. The van der Waals surface area contributed by atoms with Gasteiger partial charge in [0.15, 0.2) is 0 Å². The van der Waals surface area contributed by atoms with Gasteiger partial charge in [0, 0.05) is 46.3 Å². The van der Waals surface area contributed by atoms with Gasteiger partial charge in [-0.1, -0.05) is 0 Å². The molecule has 0 aliphatic carbocycles. The number of piperidine rings is 1. The third-order valence-electron chi connectivity index (χ3n) is 4.07. The summed E-state index contributed by atoms with van der Waals surface area (Å²) in [5.74, 6) is 0. The third-order valence-corrected chi connectivity index (χ3v) is 4.07. The van der Waals surface area contributed by atoms with Crippen LogP contribution in [0.2, 0.25) is 0 Å². The Kier molecular flexibility index (Phi) is 4.12. The van der Waals surface area contributed by atoms with Crippen LogP contribution in [0.4, 0.5) is 4.79 Å². The fourth-order valence-electron chi connectivity index (χ4n) is 3.23. The zero-order valence-electron chi connectivity index (χ0n) is 11.6. The molecule has 0 saturated carbocycles. The Morgan fingerprint density at radius 2 is 2.33 bits per heavy atom. The van der Waals surface area contributed by atoms with E-state index in [1.54, 1.807) is 26.1 Å². The summed E-state index contributed by atoms with van der Waals surface area (Å²) >= 11 is 0. The summed E-state index contributed by atoms with van der Waals surface area (Å²) in [5.41, 5.74) is -0.00306. The van der Waals surface area contributed by atoms with E-state index in [0.717, 1.165) is 39.0 Å². The second kappa shape index (κ2) is 5.45. The molecule has 0 N–H and O–H groups in total. The number of hydrogen-bond donors (Lipinski definition) is 0. The SMILES string of the molecule is COC[C@@]12CCCO[C@H]1CCN(C(=O)N(C)C)C2. The molecule has 2 amide bonds. The Morgan fingerprint density at radius 1 is 1.56 bits per heavy atom. The van der Waals surface area contributed by atoms with Gasteiger partial charge in [-0.25, -0.2) is 4.79 Å². The van der Waals surface area contributed by atoms with Crippen molar-refractivity contribution in [1.29, 1.82) is 0 Å². The van der Waals surface area contributed by atoms with Gasteiger partial charge in [-0.15, -0.1) is 0 Å². The largest absolute Gasteiger partial charge is 0.384 e. The van der Waals surface area contributed by atoms with Crippen molar-refractivity contribution in [3.8, 4) is 0 Å². The topological polar surface area (TPSA) is 42.0 Å². The number of amides is 2. The van der Waals surface area contributed by atoms with Crippen LogP contribution >= 0.6 is 0 Å². The normalized spacial score (nSPS) is 31.9. The maximum atomic E-state index is 12.1. The van der Waals surface area contributed by atoms with Crippen molar-refractivity contribution >= 4 is 6.03 Å². The molecule has 2 saturated heterocycles. The molecule has 2 fully saturated rings. The lowest BCUT2D eigenvalue weighted by Gasteiger charge is -2.50. The zero-order chi connectivity index (χ0) is 13.2. The molecular formula is C13H24N2O3. The van der Waals surface area contributed by atoms with Crippen LogP contribution in [0.1, 0.15) is 19.3 Å². The number of hydrogen-bond acceptors (Lipinski definition) is 3. The average molecular weight is 256 g/mol. The lowest BCUT2D eigenvalue weighted by atomic mass is 9.73. The molecule has 0 unspecified atom stereocenters. The van der Waals surface area contributed by atoms with E-state index >= 15 is 0 Å². The smallest absolute Gasteiger partial charge is 0.319 e. The molecule has 104 valence electrons. The third kappa shape index (κ3) is 2.47. The standard InChI is InChI=1S/C13H24N2O3/c1-14(2)12(16)15-7-5-11-13(9-15,10-17-3)6-4-8-18-11/h11H,4-10H2,1-3H3/t11-,13-/m0/s1. The highest BCUT2D eigenvalue weighted by atomic mass is 16.5. The average Bonchev–Trinajstić information content (AvgIpc) is 2.37. The molecule has 0 bridgehead atoms. The number of fused-ring (bicyclic) bond motifs is 1. The van der Waals surface area contributed by atoms with E-state index in [1.165, 1.54) is 0 Å². The number of urea groups is 1. The van der Waals surface area contributed by atoms with Gasteiger partial charge in [-0.05, 0) is 19.3 Å². The zero-order valence-corrected chi connectivity index (χ0v) is 11.6. The predicted molar refractivity (Wildman–Crippen MR) is 68.6 cm³/mol. The highest BCUT2D eigenvalue weighted by Gasteiger charge is 2.47. The molecule has 2 heterocycles. The minimum atomic E-state index is -0.00306. The summed E-state index contributed by atoms with van der Waals surface area (Å²) in [6.45, 7) is 3.06. The van der Waals surface area contributed by atoms with Gasteiger partial charge in [0.2, 0.25) is 0 Å². The van der Waals surface area contributed by atoms with Gasteiger partial charge < -0.3 is 19.3 Å². The van der Waals surface area contributed by atoms with Crippen LogP contribution < -0.4 is 0 Å². The number of carbonyl (C=O) groups excluding carboxylic acids is 1. The van der Waals surface area contributed by atoms with Crippen molar-refractivity contribution in [2.45, 2.75) is 25.4 Å². The van der Waals surface area contributed by atoms with Crippen molar-refractivity contribution in [3.63, 3.8) is 0 Å². The summed E-state index contributed by atoms with van der Waals surface area (Å²) in [7, 11) is 5.33. The highest BCUT2D eigenvalue weighted by molar-refractivity contribution is 5.74. The number of likely N-dealkylation sites (tertiary alicyclic amines) is 1. The van der Waals surface area contributed by atoms with Crippen LogP contribution in [0, 0.1) is 5.41 Å². The summed E-state index contributed by atoms with van der Waals surface area (Å²) in [4.78, 5) is 15.7. The summed E-state index contributed by atoms with van der Waals surface area (Å²) in [6.07, 6.45) is 3.31. The van der Waals surface area contributed by atoms with E-state index in [2.05, 4.69) is 0 Å². The van der Waals surface area contributed by atoms with Crippen LogP contribution in [0.25, 0.3) is 0 Å². The fraction of sp³-hybridized carbons (Fsp3) is 0.923. The second-order valence-corrected chi connectivity index (χ2v) is 5.65. The van der Waals surface area contributed by atoms with Crippen LogP contribution in [0.15, 0.2) is 0 Å². The second-order valence-electron chi connectivity index (χ2n) is 5.65. The summed E-state index contributed by atoms with van der Waals surface area (Å²) in [6, 6.07) is 0.0921. The van der Waals surface area contributed by atoms with Gasteiger partial charge in [-0.3, -0.25) is 0 Å². The fourth-order valence-corrected chi connectivity index (χ4v) is 3.23. The first-order chi connectivity index (χ1) is 8.59. The Balaban J connectivity index is 2.11. The highest BCUT2D eigenvalue weighted by Crippen LogP contribution is 2.40. The van der Waals surface area contributed by atoms with E-state index in [0.29, 0.717) is 6.61 Å². The molecule has 18 heavy (non-hydrogen) atoms. The Labute approximate surface area is 109 Å². The predicted octanol–water partition coefficient (Wildman–Crippen LogP) is 1.19. The first kappa shape index (κ1) is 13.6. The van der Waals surface area contributed by atoms with Gasteiger partial charge in [-0.2, -0.15) is 0 Å². The molecule has 5 nitrogen and oxygen atoms in total. The maximum absolute atomic E-state index is 12.1. The molecular weight excluding hydrogens is 232 g/mol. The number of nitrogens with zero attached hydrogens (tertiary/aromatic N) is 2. The van der Waals surface area contributed by atoms with Crippen LogP contribution in [0.5, 0.6) is 0 Å². The molecule has 2 atom stereocenters. The van der Waals surface area contributed by atoms with E-state index < -0.39 is 0 Å². The van der Waals surface area contributed by atoms with Crippen LogP contribution in [0.3, 0.4) is 0 Å². The molecule has 2 rings (SSSR count). The van der Waals surface area contributed by atoms with E-state index in [9.17, 15) is 4.79 Å². The van der Waals surface area contributed by atoms with Gasteiger partial charge in [0.05, 0.1) is 12.7 Å². The minimum absolute atomic E-state index is 0.00306. The molecule has 2 aliphatic rings. The molecule has 0 spiro atoms. The lowest BCUT2D eigenvalue weighted by Crippen LogP contribution is -2.59. The summed E-state index contributed by atoms with van der Waals surface area (Å²) in [5, 5.41) is 0. The molecule has 0 aromatic carbocycles. The minimum Gasteiger partial charge on any atom is -0.384 e. The van der Waals surface area contributed by atoms with Crippen molar-refractivity contribution in [1.82, 2.24) is 9.80 Å². The van der Waals surface area contributed by atoms with E-state index in [1.807, 2.05) is 4.90 Å². The Bertz CT molecular complexity index is 305. The maximum Gasteiger partial charge on any atom is 0.319 e. The molecule has 0 aromatic rings. The van der Waals surface area contributed by atoms with Gasteiger partial charge in [0.25, 0.3) is 0 Å². The van der Waals surface area contributed by atoms with Crippen LogP contribution in [-0.4, -0.2) is 69.4 Å². The molecule has 0 radical (unpaired) electrons. The molecule has 0 aromatic heterocycles. The monoisotopic (exact) mass is 256 g/mol. The number of rotatable bonds is 2. The first-order valence-corrected chi connectivity index (χ1v) is 6.66. The number of methoxy groups -OCH3 is 1. The van der Waals surface area contributed by atoms with Gasteiger partial charge >= 0.3 is 6.03 Å². The van der Waals surface area contributed by atoms with Gasteiger partial charge in [0.1, 0.15) is 0 Å². The number of carbonyl (C=O) groups is 1.